The van der Waals surface area contributed by atoms with E-state index in [0.717, 1.165) is 31.7 Å². The number of likely N-dealkylation sites (tertiary alicyclic amines) is 1. The summed E-state index contributed by atoms with van der Waals surface area (Å²) in [5, 5.41) is 12.2. The van der Waals surface area contributed by atoms with Crippen molar-refractivity contribution in [3.05, 3.63) is 23.9 Å². The Balaban J connectivity index is 1.87. The highest BCUT2D eigenvalue weighted by atomic mass is 15.2. The Labute approximate surface area is 115 Å². The summed E-state index contributed by atoms with van der Waals surface area (Å²) in [7, 11) is 0. The van der Waals surface area contributed by atoms with Gasteiger partial charge in [-0.05, 0) is 45.7 Å². The van der Waals surface area contributed by atoms with Crippen LogP contribution in [0.15, 0.2) is 18.3 Å². The van der Waals surface area contributed by atoms with Crippen molar-refractivity contribution in [2.24, 2.45) is 0 Å². The van der Waals surface area contributed by atoms with Crippen LogP contribution >= 0.6 is 0 Å². The molecule has 4 nitrogen and oxygen atoms in total. The number of pyridine rings is 1. The van der Waals surface area contributed by atoms with Crippen molar-refractivity contribution < 1.29 is 0 Å². The van der Waals surface area contributed by atoms with Crippen LogP contribution in [0.1, 0.15) is 39.2 Å². The third kappa shape index (κ3) is 3.68. The molecule has 0 atom stereocenters. The molecule has 0 amide bonds. The van der Waals surface area contributed by atoms with Gasteiger partial charge in [0.15, 0.2) is 0 Å². The van der Waals surface area contributed by atoms with Gasteiger partial charge in [-0.3, -0.25) is 4.90 Å². The van der Waals surface area contributed by atoms with Gasteiger partial charge in [-0.1, -0.05) is 0 Å². The van der Waals surface area contributed by atoms with Gasteiger partial charge in [-0.2, -0.15) is 5.26 Å². The summed E-state index contributed by atoms with van der Waals surface area (Å²) >= 11 is 0. The van der Waals surface area contributed by atoms with Crippen molar-refractivity contribution in [2.45, 2.75) is 45.2 Å². The Kier molecular flexibility index (Phi) is 4.06. The lowest BCUT2D eigenvalue weighted by molar-refractivity contribution is 0.106. The van der Waals surface area contributed by atoms with Gasteiger partial charge in [0, 0.05) is 30.9 Å². The molecule has 1 fully saturated rings. The van der Waals surface area contributed by atoms with Crippen molar-refractivity contribution >= 4 is 5.82 Å². The molecule has 0 aliphatic carbocycles. The molecule has 0 aromatic carbocycles. The van der Waals surface area contributed by atoms with E-state index in [0.29, 0.717) is 11.6 Å². The minimum atomic E-state index is 0.262. The maximum absolute atomic E-state index is 8.74. The van der Waals surface area contributed by atoms with Crippen molar-refractivity contribution in [3.63, 3.8) is 0 Å². The van der Waals surface area contributed by atoms with Gasteiger partial charge < -0.3 is 5.32 Å². The molecule has 0 saturated carbocycles. The van der Waals surface area contributed by atoms with Crippen molar-refractivity contribution in [2.75, 3.05) is 18.4 Å². The van der Waals surface area contributed by atoms with E-state index in [9.17, 15) is 0 Å². The molecule has 0 unspecified atom stereocenters. The van der Waals surface area contributed by atoms with Crippen LogP contribution in [0.5, 0.6) is 0 Å². The van der Waals surface area contributed by atoms with Gasteiger partial charge in [0.1, 0.15) is 11.9 Å². The number of piperidine rings is 1. The summed E-state index contributed by atoms with van der Waals surface area (Å²) in [6.07, 6.45) is 3.89. The standard InChI is InChI=1S/C15H22N4/c1-15(2,3)19-8-6-13(7-9-19)18-14-5-4-12(10-16)11-17-14/h4-5,11,13H,6-9H2,1-3H3,(H,17,18). The number of nitrogens with one attached hydrogen (secondary N) is 1. The van der Waals surface area contributed by atoms with E-state index in [1.54, 1.807) is 12.3 Å². The van der Waals surface area contributed by atoms with Crippen LogP contribution in [0, 0.1) is 11.3 Å². The Morgan fingerprint density at radius 1 is 1.32 bits per heavy atom. The Hall–Kier alpha value is -1.60. The lowest BCUT2D eigenvalue weighted by Gasteiger charge is -2.41. The summed E-state index contributed by atoms with van der Waals surface area (Å²) in [6, 6.07) is 6.26. The number of nitriles is 1. The lowest BCUT2D eigenvalue weighted by atomic mass is 9.98. The van der Waals surface area contributed by atoms with E-state index in [-0.39, 0.29) is 5.54 Å². The van der Waals surface area contributed by atoms with Gasteiger partial charge in [0.25, 0.3) is 0 Å². The van der Waals surface area contributed by atoms with Gasteiger partial charge in [0.2, 0.25) is 0 Å². The average molecular weight is 258 g/mol. The third-order valence-electron chi connectivity index (χ3n) is 3.69. The monoisotopic (exact) mass is 258 g/mol. The van der Waals surface area contributed by atoms with Crippen LogP contribution in [0.3, 0.4) is 0 Å². The fourth-order valence-corrected chi connectivity index (χ4v) is 2.45. The van der Waals surface area contributed by atoms with Gasteiger partial charge in [-0.15, -0.1) is 0 Å². The maximum atomic E-state index is 8.74. The van der Waals surface area contributed by atoms with Crippen molar-refractivity contribution in [3.8, 4) is 6.07 Å². The van der Waals surface area contributed by atoms with Crippen LogP contribution in [-0.2, 0) is 0 Å². The average Bonchev–Trinajstić information content (AvgIpc) is 2.39. The van der Waals surface area contributed by atoms with Crippen LogP contribution in [-0.4, -0.2) is 34.6 Å². The zero-order valence-corrected chi connectivity index (χ0v) is 12.0. The molecule has 2 rings (SSSR count). The molecule has 1 aliphatic heterocycles. The molecule has 19 heavy (non-hydrogen) atoms. The third-order valence-corrected chi connectivity index (χ3v) is 3.69. The van der Waals surface area contributed by atoms with Crippen LogP contribution in [0.25, 0.3) is 0 Å². The molecule has 1 aliphatic rings. The zero-order valence-electron chi connectivity index (χ0n) is 12.0. The minimum Gasteiger partial charge on any atom is -0.367 e. The smallest absolute Gasteiger partial charge is 0.126 e. The molecular weight excluding hydrogens is 236 g/mol. The van der Waals surface area contributed by atoms with Crippen LogP contribution < -0.4 is 5.32 Å². The van der Waals surface area contributed by atoms with Gasteiger partial charge >= 0.3 is 0 Å². The summed E-state index contributed by atoms with van der Waals surface area (Å²) in [5.74, 6) is 0.869. The second-order valence-corrected chi connectivity index (χ2v) is 6.12. The van der Waals surface area contributed by atoms with E-state index in [1.807, 2.05) is 6.07 Å². The first-order valence-corrected chi connectivity index (χ1v) is 6.87. The molecule has 0 radical (unpaired) electrons. The lowest BCUT2D eigenvalue weighted by Crippen LogP contribution is -2.48. The van der Waals surface area contributed by atoms with Gasteiger partial charge in [0.05, 0.1) is 5.56 Å². The Bertz CT molecular complexity index is 445. The Morgan fingerprint density at radius 2 is 2.00 bits per heavy atom. The number of anilines is 1. The molecule has 102 valence electrons. The van der Waals surface area contributed by atoms with Crippen LogP contribution in [0.2, 0.25) is 0 Å². The fraction of sp³-hybridized carbons (Fsp3) is 0.600. The topological polar surface area (TPSA) is 52.0 Å². The number of aromatic nitrogens is 1. The first-order chi connectivity index (χ1) is 8.99. The first kappa shape index (κ1) is 13.8. The number of hydrogen-bond donors (Lipinski definition) is 1. The Morgan fingerprint density at radius 3 is 2.47 bits per heavy atom. The summed E-state index contributed by atoms with van der Waals surface area (Å²) in [6.45, 7) is 9.05. The van der Waals surface area contributed by atoms with Crippen LogP contribution in [0.4, 0.5) is 5.82 Å². The highest BCUT2D eigenvalue weighted by Crippen LogP contribution is 2.21. The largest absolute Gasteiger partial charge is 0.367 e. The van der Waals surface area contributed by atoms with Crippen molar-refractivity contribution in [1.29, 1.82) is 5.26 Å². The highest BCUT2D eigenvalue weighted by molar-refractivity contribution is 5.39. The number of rotatable bonds is 2. The molecule has 1 aromatic heterocycles. The van der Waals surface area contributed by atoms with E-state index in [2.05, 4.69) is 42.0 Å². The summed E-state index contributed by atoms with van der Waals surface area (Å²) < 4.78 is 0. The second kappa shape index (κ2) is 5.58. The normalized spacial score (nSPS) is 18.0. The van der Waals surface area contributed by atoms with E-state index >= 15 is 0 Å². The zero-order chi connectivity index (χ0) is 13.9. The summed E-state index contributed by atoms with van der Waals surface area (Å²) in [5.41, 5.74) is 0.866. The molecule has 0 spiro atoms. The van der Waals surface area contributed by atoms with Crippen molar-refractivity contribution in [1.82, 2.24) is 9.88 Å². The van der Waals surface area contributed by atoms with E-state index < -0.39 is 0 Å². The highest BCUT2D eigenvalue weighted by Gasteiger charge is 2.26. The molecule has 1 aromatic rings. The maximum Gasteiger partial charge on any atom is 0.126 e. The van der Waals surface area contributed by atoms with E-state index in [1.165, 1.54) is 0 Å². The summed E-state index contributed by atoms with van der Waals surface area (Å²) in [4.78, 5) is 6.79. The molecular formula is C15H22N4. The molecule has 0 bridgehead atoms. The molecule has 2 heterocycles. The second-order valence-electron chi connectivity index (χ2n) is 6.12. The van der Waals surface area contributed by atoms with E-state index in [4.69, 9.17) is 5.26 Å². The molecule has 4 heteroatoms. The first-order valence-electron chi connectivity index (χ1n) is 6.87. The minimum absolute atomic E-state index is 0.262. The van der Waals surface area contributed by atoms with Gasteiger partial charge in [-0.25, -0.2) is 4.98 Å². The SMILES string of the molecule is CC(C)(C)N1CCC(Nc2ccc(C#N)cn2)CC1. The number of hydrogen-bond acceptors (Lipinski definition) is 4. The molecule has 1 N–H and O–H groups in total. The quantitative estimate of drug-likeness (QED) is 0.886. The predicted octanol–water partition coefficient (Wildman–Crippen LogP) is 2.63. The fourth-order valence-electron chi connectivity index (χ4n) is 2.45. The molecule has 1 saturated heterocycles. The predicted molar refractivity (Wildman–Crippen MR) is 76.9 cm³/mol. The number of nitrogens with zero attached hydrogens (tertiary/aromatic N) is 3.